The van der Waals surface area contributed by atoms with Gasteiger partial charge >= 0.3 is 5.91 Å². The van der Waals surface area contributed by atoms with Gasteiger partial charge in [-0.25, -0.2) is 0 Å². The van der Waals surface area contributed by atoms with E-state index in [-0.39, 0.29) is 18.2 Å². The first-order chi connectivity index (χ1) is 14.6. The van der Waals surface area contributed by atoms with E-state index >= 15 is 0 Å². The fraction of sp³-hybridized carbons (Fsp3) is 0.318. The number of morpholine rings is 1. The summed E-state index contributed by atoms with van der Waals surface area (Å²) in [6.07, 6.45) is 0. The first-order valence-electron chi connectivity index (χ1n) is 9.86. The molecule has 3 aromatic rings. The number of hydrogen-bond acceptors (Lipinski definition) is 6. The summed E-state index contributed by atoms with van der Waals surface area (Å²) in [7, 11) is 0. The molecule has 0 radical (unpaired) electrons. The van der Waals surface area contributed by atoms with Crippen LogP contribution in [0.3, 0.4) is 0 Å². The van der Waals surface area contributed by atoms with Gasteiger partial charge in [-0.1, -0.05) is 35.9 Å². The molecule has 0 saturated carbocycles. The van der Waals surface area contributed by atoms with E-state index in [9.17, 15) is 9.90 Å². The van der Waals surface area contributed by atoms with Crippen LogP contribution in [-0.2, 0) is 16.2 Å². The van der Waals surface area contributed by atoms with E-state index in [1.54, 1.807) is 16.7 Å². The fourth-order valence-corrected chi connectivity index (χ4v) is 3.37. The van der Waals surface area contributed by atoms with Crippen molar-refractivity contribution in [3.8, 4) is 11.6 Å². The Hall–Kier alpha value is -3.23. The molecule has 0 aliphatic carbocycles. The molecule has 1 amide bonds. The zero-order valence-electron chi connectivity index (χ0n) is 16.8. The van der Waals surface area contributed by atoms with E-state index in [0.29, 0.717) is 25.6 Å². The summed E-state index contributed by atoms with van der Waals surface area (Å²) in [6, 6.07) is 14.9. The second kappa shape index (κ2) is 9.06. The fourth-order valence-electron chi connectivity index (χ4n) is 3.37. The monoisotopic (exact) mass is 408 g/mol. The van der Waals surface area contributed by atoms with Gasteiger partial charge in [-0.3, -0.25) is 14.3 Å². The average Bonchev–Trinajstić information content (AvgIpc) is 3.03. The maximum Gasteiger partial charge on any atom is 0.302 e. The van der Waals surface area contributed by atoms with Gasteiger partial charge in [0, 0.05) is 18.5 Å². The normalized spacial score (nSPS) is 15.1. The maximum absolute atomic E-state index is 12.1. The summed E-state index contributed by atoms with van der Waals surface area (Å²) in [5.41, 5.74) is 2.22. The Kier molecular flexibility index (Phi) is 6.06. The minimum atomic E-state index is -0.528. The molecule has 1 fully saturated rings. The molecule has 4 rings (SSSR count). The van der Waals surface area contributed by atoms with E-state index < -0.39 is 5.91 Å². The van der Waals surface area contributed by atoms with Crippen LogP contribution in [0.5, 0.6) is 11.6 Å². The van der Waals surface area contributed by atoms with Crippen molar-refractivity contribution in [2.75, 3.05) is 32.9 Å². The van der Waals surface area contributed by atoms with Gasteiger partial charge < -0.3 is 14.6 Å². The summed E-state index contributed by atoms with van der Waals surface area (Å²) >= 11 is 0. The van der Waals surface area contributed by atoms with Gasteiger partial charge in [0.15, 0.2) is 12.3 Å². The highest BCUT2D eigenvalue weighted by Gasteiger charge is 2.19. The SMILES string of the molecule is Cc1ccc(OCC(=O)N=Nc2c(O)n(CN3CCOCC3)c3ccccc23)cc1. The summed E-state index contributed by atoms with van der Waals surface area (Å²) in [5.74, 6) is 0.0489. The van der Waals surface area contributed by atoms with Crippen LogP contribution in [0.25, 0.3) is 10.9 Å². The highest BCUT2D eigenvalue weighted by Crippen LogP contribution is 2.39. The molecule has 2 aromatic carbocycles. The first-order valence-corrected chi connectivity index (χ1v) is 9.86. The number of aromatic hydroxyl groups is 1. The molecular formula is C22H24N4O4. The number of azo groups is 1. The van der Waals surface area contributed by atoms with Crippen LogP contribution < -0.4 is 4.74 Å². The minimum Gasteiger partial charge on any atom is -0.493 e. The van der Waals surface area contributed by atoms with Crippen molar-refractivity contribution < 1.29 is 19.4 Å². The molecule has 1 N–H and O–H groups in total. The second-order valence-corrected chi connectivity index (χ2v) is 7.18. The smallest absolute Gasteiger partial charge is 0.302 e. The predicted octanol–water partition coefficient (Wildman–Crippen LogP) is 3.63. The Labute approximate surface area is 174 Å². The van der Waals surface area contributed by atoms with E-state index in [1.807, 2.05) is 43.3 Å². The molecule has 30 heavy (non-hydrogen) atoms. The Morgan fingerprint density at radius 3 is 2.63 bits per heavy atom. The molecule has 1 aliphatic rings. The Morgan fingerprint density at radius 1 is 1.13 bits per heavy atom. The summed E-state index contributed by atoms with van der Waals surface area (Å²) in [5, 5.41) is 19.3. The quantitative estimate of drug-likeness (QED) is 0.629. The number of fused-ring (bicyclic) bond motifs is 1. The van der Waals surface area contributed by atoms with E-state index in [2.05, 4.69) is 15.1 Å². The molecule has 156 valence electrons. The number of hydrogen-bond donors (Lipinski definition) is 1. The van der Waals surface area contributed by atoms with Crippen molar-refractivity contribution in [1.82, 2.24) is 9.47 Å². The first kappa shape index (κ1) is 20.1. The Morgan fingerprint density at radius 2 is 1.87 bits per heavy atom. The number of aromatic nitrogens is 1. The molecule has 1 saturated heterocycles. The lowest BCUT2D eigenvalue weighted by atomic mass is 10.2. The van der Waals surface area contributed by atoms with E-state index in [1.165, 1.54) is 0 Å². The van der Waals surface area contributed by atoms with Crippen molar-refractivity contribution in [2.45, 2.75) is 13.6 Å². The summed E-state index contributed by atoms with van der Waals surface area (Å²) in [6.45, 7) is 5.18. The lowest BCUT2D eigenvalue weighted by Crippen LogP contribution is -2.37. The van der Waals surface area contributed by atoms with Crippen molar-refractivity contribution in [1.29, 1.82) is 0 Å². The van der Waals surface area contributed by atoms with Crippen LogP contribution >= 0.6 is 0 Å². The number of aryl methyl sites for hydroxylation is 1. The number of para-hydroxylation sites is 1. The number of nitrogens with zero attached hydrogens (tertiary/aromatic N) is 4. The van der Waals surface area contributed by atoms with Gasteiger partial charge in [0.1, 0.15) is 5.75 Å². The second-order valence-electron chi connectivity index (χ2n) is 7.18. The lowest BCUT2D eigenvalue weighted by molar-refractivity contribution is -0.120. The zero-order chi connectivity index (χ0) is 20.9. The van der Waals surface area contributed by atoms with Gasteiger partial charge in [0.2, 0.25) is 5.88 Å². The number of carbonyl (C=O) groups is 1. The van der Waals surface area contributed by atoms with Crippen LogP contribution in [0.1, 0.15) is 5.56 Å². The van der Waals surface area contributed by atoms with Crippen LogP contribution in [0.4, 0.5) is 5.69 Å². The third-order valence-electron chi connectivity index (χ3n) is 5.01. The molecule has 1 aliphatic heterocycles. The highest BCUT2D eigenvalue weighted by atomic mass is 16.5. The van der Waals surface area contributed by atoms with Crippen LogP contribution in [0.2, 0.25) is 0 Å². The number of ether oxygens (including phenoxy) is 2. The average molecular weight is 408 g/mol. The standard InChI is InChI=1S/C22H24N4O4/c1-16-6-8-17(9-7-16)30-14-20(27)23-24-21-18-4-2-3-5-19(18)26(22(21)28)15-25-10-12-29-13-11-25/h2-9,28H,10-15H2,1H3. The number of carbonyl (C=O) groups excluding carboxylic acids is 1. The number of rotatable bonds is 6. The summed E-state index contributed by atoms with van der Waals surface area (Å²) in [4.78, 5) is 14.3. The predicted molar refractivity (Wildman–Crippen MR) is 112 cm³/mol. The zero-order valence-corrected chi connectivity index (χ0v) is 16.8. The molecule has 1 aromatic heterocycles. The molecule has 0 spiro atoms. The molecule has 0 bridgehead atoms. The van der Waals surface area contributed by atoms with Gasteiger partial charge in [-0.05, 0) is 25.1 Å². The van der Waals surface area contributed by atoms with Crippen molar-refractivity contribution in [3.63, 3.8) is 0 Å². The van der Waals surface area contributed by atoms with Gasteiger partial charge in [0.05, 0.1) is 25.4 Å². The van der Waals surface area contributed by atoms with Crippen molar-refractivity contribution in [3.05, 3.63) is 54.1 Å². The number of benzene rings is 2. The van der Waals surface area contributed by atoms with Crippen LogP contribution in [0, 0.1) is 6.92 Å². The Balaban J connectivity index is 1.50. The van der Waals surface area contributed by atoms with E-state index in [4.69, 9.17) is 9.47 Å². The molecule has 8 heteroatoms. The molecule has 0 unspecified atom stereocenters. The minimum absolute atomic E-state index is 0.0151. The van der Waals surface area contributed by atoms with E-state index in [0.717, 1.165) is 29.6 Å². The topological polar surface area (TPSA) is 88.7 Å². The molecule has 2 heterocycles. The van der Waals surface area contributed by atoms with Crippen LogP contribution in [-0.4, -0.2) is 53.4 Å². The highest BCUT2D eigenvalue weighted by molar-refractivity contribution is 5.95. The van der Waals surface area contributed by atoms with Gasteiger partial charge in [-0.15, -0.1) is 10.2 Å². The van der Waals surface area contributed by atoms with Gasteiger partial charge in [-0.2, -0.15) is 0 Å². The lowest BCUT2D eigenvalue weighted by Gasteiger charge is -2.27. The molecule has 8 nitrogen and oxygen atoms in total. The Bertz CT molecular complexity index is 1050. The maximum atomic E-state index is 12.1. The van der Waals surface area contributed by atoms with Crippen molar-refractivity contribution in [2.24, 2.45) is 10.2 Å². The molecule has 0 atom stereocenters. The van der Waals surface area contributed by atoms with Crippen molar-refractivity contribution >= 4 is 22.5 Å². The summed E-state index contributed by atoms with van der Waals surface area (Å²) < 4.78 is 12.6. The molecular weight excluding hydrogens is 384 g/mol. The third kappa shape index (κ3) is 4.50. The third-order valence-corrected chi connectivity index (χ3v) is 5.01. The van der Waals surface area contributed by atoms with Crippen LogP contribution in [0.15, 0.2) is 58.8 Å². The number of amides is 1. The van der Waals surface area contributed by atoms with Gasteiger partial charge in [0.25, 0.3) is 0 Å². The largest absolute Gasteiger partial charge is 0.493 e.